The molecule has 17 heavy (non-hydrogen) atoms. The Kier molecular flexibility index (Phi) is 2.87. The molecule has 0 radical (unpaired) electrons. The van der Waals surface area contributed by atoms with Gasteiger partial charge in [0.1, 0.15) is 12.0 Å². The van der Waals surface area contributed by atoms with Gasteiger partial charge in [0.25, 0.3) is 0 Å². The third kappa shape index (κ3) is 2.36. The molecule has 0 aliphatic heterocycles. The van der Waals surface area contributed by atoms with E-state index in [9.17, 15) is 4.79 Å². The maximum Gasteiger partial charge on any atom is 0.123 e. The van der Waals surface area contributed by atoms with Crippen LogP contribution in [0.1, 0.15) is 43.6 Å². The smallest absolute Gasteiger partial charge is 0.123 e. The molecule has 0 spiro atoms. The molecule has 2 fully saturated rings. The molecular formula is C15H18O2. The van der Waals surface area contributed by atoms with Crippen LogP contribution in [0.25, 0.3) is 0 Å². The number of ether oxygens (including phenoxy) is 1. The quantitative estimate of drug-likeness (QED) is 0.742. The minimum atomic E-state index is 0.261. The van der Waals surface area contributed by atoms with Crippen LogP contribution >= 0.6 is 0 Å². The first-order valence-electron chi connectivity index (χ1n) is 6.59. The number of aldehydes is 1. The van der Waals surface area contributed by atoms with Crippen molar-refractivity contribution >= 4 is 6.29 Å². The SMILES string of the molecule is O=CC1CC1c1ccc(OC2CCCC2)cc1. The second kappa shape index (κ2) is 4.52. The molecular weight excluding hydrogens is 212 g/mol. The van der Waals surface area contributed by atoms with Gasteiger partial charge < -0.3 is 9.53 Å². The standard InChI is InChI=1S/C15H18O2/c16-10-12-9-15(12)11-5-7-14(8-6-11)17-13-3-1-2-4-13/h5-8,10,12-13,15H,1-4,9H2. The summed E-state index contributed by atoms with van der Waals surface area (Å²) in [5.74, 6) is 1.70. The van der Waals surface area contributed by atoms with Crippen molar-refractivity contribution in [3.8, 4) is 5.75 Å². The second-order valence-electron chi connectivity index (χ2n) is 5.24. The van der Waals surface area contributed by atoms with E-state index in [1.165, 1.54) is 31.2 Å². The van der Waals surface area contributed by atoms with Gasteiger partial charge in [0.15, 0.2) is 0 Å². The number of hydrogen-bond donors (Lipinski definition) is 0. The van der Waals surface area contributed by atoms with Crippen molar-refractivity contribution in [3.05, 3.63) is 29.8 Å². The maximum atomic E-state index is 10.6. The Morgan fingerprint density at radius 1 is 1.12 bits per heavy atom. The van der Waals surface area contributed by atoms with E-state index in [0.29, 0.717) is 12.0 Å². The van der Waals surface area contributed by atoms with Crippen LogP contribution in [0.5, 0.6) is 5.75 Å². The van der Waals surface area contributed by atoms with E-state index in [1.807, 2.05) is 12.1 Å². The van der Waals surface area contributed by atoms with Gasteiger partial charge in [0, 0.05) is 5.92 Å². The van der Waals surface area contributed by atoms with Gasteiger partial charge in [-0.3, -0.25) is 0 Å². The molecule has 3 rings (SSSR count). The second-order valence-corrected chi connectivity index (χ2v) is 5.24. The van der Waals surface area contributed by atoms with Crippen molar-refractivity contribution in [2.45, 2.75) is 44.1 Å². The van der Waals surface area contributed by atoms with Crippen LogP contribution < -0.4 is 4.74 Å². The molecule has 0 saturated heterocycles. The van der Waals surface area contributed by atoms with Crippen LogP contribution in [0.15, 0.2) is 24.3 Å². The van der Waals surface area contributed by atoms with Gasteiger partial charge in [0.05, 0.1) is 6.10 Å². The molecule has 0 aromatic heterocycles. The summed E-state index contributed by atoms with van der Waals surface area (Å²) in [6, 6.07) is 8.32. The van der Waals surface area contributed by atoms with Crippen molar-refractivity contribution in [1.29, 1.82) is 0 Å². The van der Waals surface area contributed by atoms with Crippen LogP contribution in [0, 0.1) is 5.92 Å². The highest BCUT2D eigenvalue weighted by Gasteiger charge is 2.37. The molecule has 0 heterocycles. The van der Waals surface area contributed by atoms with Crippen LogP contribution in [-0.4, -0.2) is 12.4 Å². The summed E-state index contributed by atoms with van der Waals surface area (Å²) in [6.07, 6.45) is 7.50. The Balaban J connectivity index is 1.62. The molecule has 90 valence electrons. The Hall–Kier alpha value is -1.31. The van der Waals surface area contributed by atoms with E-state index in [1.54, 1.807) is 0 Å². The zero-order valence-corrected chi connectivity index (χ0v) is 9.97. The van der Waals surface area contributed by atoms with Crippen LogP contribution in [0.4, 0.5) is 0 Å². The summed E-state index contributed by atoms with van der Waals surface area (Å²) in [5.41, 5.74) is 1.28. The molecule has 0 bridgehead atoms. The molecule has 2 saturated carbocycles. The van der Waals surface area contributed by atoms with E-state index < -0.39 is 0 Å². The van der Waals surface area contributed by atoms with Gasteiger partial charge >= 0.3 is 0 Å². The van der Waals surface area contributed by atoms with E-state index in [-0.39, 0.29) is 5.92 Å². The van der Waals surface area contributed by atoms with Crippen LogP contribution in [0.2, 0.25) is 0 Å². The fraction of sp³-hybridized carbons (Fsp3) is 0.533. The lowest BCUT2D eigenvalue weighted by Crippen LogP contribution is -2.10. The minimum absolute atomic E-state index is 0.261. The minimum Gasteiger partial charge on any atom is -0.490 e. The third-order valence-electron chi connectivity index (χ3n) is 3.93. The largest absolute Gasteiger partial charge is 0.490 e. The van der Waals surface area contributed by atoms with Gasteiger partial charge in [-0.2, -0.15) is 0 Å². The summed E-state index contributed by atoms with van der Waals surface area (Å²) >= 11 is 0. The average Bonchev–Trinajstić information content (AvgIpc) is 2.99. The topological polar surface area (TPSA) is 26.3 Å². The molecule has 0 N–H and O–H groups in total. The number of hydrogen-bond acceptors (Lipinski definition) is 2. The van der Waals surface area contributed by atoms with E-state index in [2.05, 4.69) is 12.1 Å². The van der Waals surface area contributed by atoms with Crippen molar-refractivity contribution in [1.82, 2.24) is 0 Å². The lowest BCUT2D eigenvalue weighted by Gasteiger charge is -2.13. The highest BCUT2D eigenvalue weighted by molar-refractivity contribution is 5.61. The van der Waals surface area contributed by atoms with Crippen molar-refractivity contribution < 1.29 is 9.53 Å². The third-order valence-corrected chi connectivity index (χ3v) is 3.93. The Morgan fingerprint density at radius 2 is 1.82 bits per heavy atom. The Morgan fingerprint density at radius 3 is 2.41 bits per heavy atom. The van der Waals surface area contributed by atoms with Gasteiger partial charge in [-0.15, -0.1) is 0 Å². The summed E-state index contributed by atoms with van der Waals surface area (Å²) < 4.78 is 5.91. The number of benzene rings is 1. The van der Waals surface area contributed by atoms with Gasteiger partial charge in [0.2, 0.25) is 0 Å². The normalized spacial score (nSPS) is 28.0. The monoisotopic (exact) mass is 230 g/mol. The van der Waals surface area contributed by atoms with Crippen molar-refractivity contribution in [3.63, 3.8) is 0 Å². The zero-order valence-electron chi connectivity index (χ0n) is 9.97. The van der Waals surface area contributed by atoms with Crippen LogP contribution in [-0.2, 0) is 4.79 Å². The van der Waals surface area contributed by atoms with E-state index in [4.69, 9.17) is 4.74 Å². The summed E-state index contributed by atoms with van der Waals surface area (Å²) in [6.45, 7) is 0. The van der Waals surface area contributed by atoms with Crippen molar-refractivity contribution in [2.75, 3.05) is 0 Å². The Bertz CT molecular complexity index is 390. The maximum absolute atomic E-state index is 10.6. The molecule has 2 aliphatic carbocycles. The number of carbonyl (C=O) groups is 1. The van der Waals surface area contributed by atoms with Gasteiger partial charge in [-0.1, -0.05) is 12.1 Å². The van der Waals surface area contributed by atoms with Crippen LogP contribution in [0.3, 0.4) is 0 Å². The first kappa shape index (κ1) is 10.8. The number of carbonyl (C=O) groups excluding carboxylic acids is 1. The van der Waals surface area contributed by atoms with Gasteiger partial charge in [-0.05, 0) is 55.7 Å². The van der Waals surface area contributed by atoms with E-state index >= 15 is 0 Å². The summed E-state index contributed by atoms with van der Waals surface area (Å²) in [5, 5.41) is 0. The molecule has 1 aromatic carbocycles. The lowest BCUT2D eigenvalue weighted by atomic mass is 10.1. The molecule has 0 amide bonds. The Labute approximate surface area is 102 Å². The molecule has 2 atom stereocenters. The predicted molar refractivity (Wildman–Crippen MR) is 66.2 cm³/mol. The summed E-state index contributed by atoms with van der Waals surface area (Å²) in [7, 11) is 0. The highest BCUT2D eigenvalue weighted by Crippen LogP contribution is 2.46. The zero-order chi connectivity index (χ0) is 11.7. The molecule has 2 nitrogen and oxygen atoms in total. The lowest BCUT2D eigenvalue weighted by molar-refractivity contribution is -0.108. The fourth-order valence-corrected chi connectivity index (χ4v) is 2.74. The summed E-state index contributed by atoms with van der Waals surface area (Å²) in [4.78, 5) is 10.6. The number of rotatable bonds is 4. The molecule has 1 aromatic rings. The van der Waals surface area contributed by atoms with Crippen molar-refractivity contribution in [2.24, 2.45) is 5.92 Å². The van der Waals surface area contributed by atoms with E-state index in [0.717, 1.165) is 18.5 Å². The fourth-order valence-electron chi connectivity index (χ4n) is 2.74. The highest BCUT2D eigenvalue weighted by atomic mass is 16.5. The first-order chi connectivity index (χ1) is 8.36. The molecule has 2 aliphatic rings. The molecule has 2 heteroatoms. The average molecular weight is 230 g/mol. The van der Waals surface area contributed by atoms with Gasteiger partial charge in [-0.25, -0.2) is 0 Å². The predicted octanol–water partition coefficient (Wildman–Crippen LogP) is 3.31. The first-order valence-corrected chi connectivity index (χ1v) is 6.59. The molecule has 2 unspecified atom stereocenters.